The number of hydrogen-bond acceptors (Lipinski definition) is 2. The van der Waals surface area contributed by atoms with Crippen molar-refractivity contribution in [2.75, 3.05) is 5.88 Å². The monoisotopic (exact) mass is 307 g/mol. The molecule has 2 atom stereocenters. The quantitative estimate of drug-likeness (QED) is 0.835. The molecule has 1 saturated carbocycles. The highest BCUT2D eigenvalue weighted by Gasteiger charge is 2.26. The lowest BCUT2D eigenvalue weighted by molar-refractivity contribution is 0.0913. The van der Waals surface area contributed by atoms with Crippen molar-refractivity contribution in [2.45, 2.75) is 31.7 Å². The lowest BCUT2D eigenvalue weighted by Gasteiger charge is -2.30. The van der Waals surface area contributed by atoms with Gasteiger partial charge < -0.3 is 5.32 Å². The fraction of sp³-hybridized carbons (Fsp3) is 0.438. The second-order valence-electron chi connectivity index (χ2n) is 5.42. The SMILES string of the molecule is O=C(NC1CCCCC1CCl)c1csc2ccccc12. The van der Waals surface area contributed by atoms with Crippen LogP contribution < -0.4 is 5.32 Å². The van der Waals surface area contributed by atoms with Gasteiger partial charge in [-0.2, -0.15) is 0 Å². The van der Waals surface area contributed by atoms with Gasteiger partial charge in [-0.15, -0.1) is 22.9 Å². The van der Waals surface area contributed by atoms with Crippen LogP contribution in [0.25, 0.3) is 10.1 Å². The van der Waals surface area contributed by atoms with Gasteiger partial charge in [-0.25, -0.2) is 0 Å². The van der Waals surface area contributed by atoms with E-state index in [-0.39, 0.29) is 11.9 Å². The van der Waals surface area contributed by atoms with Crippen molar-refractivity contribution in [1.29, 1.82) is 0 Å². The topological polar surface area (TPSA) is 29.1 Å². The molecule has 1 amide bonds. The summed E-state index contributed by atoms with van der Waals surface area (Å²) in [6.45, 7) is 0. The van der Waals surface area contributed by atoms with Crippen LogP contribution in [0.3, 0.4) is 0 Å². The summed E-state index contributed by atoms with van der Waals surface area (Å²) in [7, 11) is 0. The molecule has 2 unspecified atom stereocenters. The number of carbonyl (C=O) groups excluding carboxylic acids is 1. The molecule has 3 rings (SSSR count). The second kappa shape index (κ2) is 6.15. The first-order valence-electron chi connectivity index (χ1n) is 7.12. The zero-order valence-electron chi connectivity index (χ0n) is 11.3. The largest absolute Gasteiger partial charge is 0.349 e. The highest BCUT2D eigenvalue weighted by Crippen LogP contribution is 2.28. The van der Waals surface area contributed by atoms with Crippen LogP contribution in [-0.2, 0) is 0 Å². The van der Waals surface area contributed by atoms with E-state index in [1.807, 2.05) is 23.6 Å². The number of alkyl halides is 1. The molecule has 1 N–H and O–H groups in total. The molecule has 1 aromatic heterocycles. The van der Waals surface area contributed by atoms with Crippen molar-refractivity contribution < 1.29 is 4.79 Å². The molecule has 1 heterocycles. The van der Waals surface area contributed by atoms with Crippen molar-refractivity contribution in [1.82, 2.24) is 5.32 Å². The van der Waals surface area contributed by atoms with E-state index in [1.165, 1.54) is 12.8 Å². The fourth-order valence-electron chi connectivity index (χ4n) is 2.98. The smallest absolute Gasteiger partial charge is 0.252 e. The number of hydrogen-bond donors (Lipinski definition) is 1. The molecule has 2 nitrogen and oxygen atoms in total. The Morgan fingerprint density at radius 1 is 1.30 bits per heavy atom. The van der Waals surface area contributed by atoms with Gasteiger partial charge in [0.15, 0.2) is 0 Å². The molecular weight excluding hydrogens is 290 g/mol. The van der Waals surface area contributed by atoms with Crippen LogP contribution in [0.1, 0.15) is 36.0 Å². The third-order valence-corrected chi connectivity index (χ3v) is 5.51. The predicted molar refractivity (Wildman–Crippen MR) is 85.8 cm³/mol. The van der Waals surface area contributed by atoms with E-state index in [0.29, 0.717) is 11.8 Å². The molecule has 0 spiro atoms. The highest BCUT2D eigenvalue weighted by molar-refractivity contribution is 7.17. The van der Waals surface area contributed by atoms with Gasteiger partial charge in [-0.05, 0) is 24.8 Å². The van der Waals surface area contributed by atoms with Crippen molar-refractivity contribution >= 4 is 38.9 Å². The highest BCUT2D eigenvalue weighted by atomic mass is 35.5. The minimum atomic E-state index is 0.0458. The van der Waals surface area contributed by atoms with Crippen LogP contribution in [0, 0.1) is 5.92 Å². The van der Waals surface area contributed by atoms with Crippen molar-refractivity contribution in [3.8, 4) is 0 Å². The first-order valence-corrected chi connectivity index (χ1v) is 8.54. The van der Waals surface area contributed by atoms with Crippen LogP contribution in [0.4, 0.5) is 0 Å². The van der Waals surface area contributed by atoms with Crippen molar-refractivity contribution in [3.05, 3.63) is 35.2 Å². The second-order valence-corrected chi connectivity index (χ2v) is 6.64. The minimum absolute atomic E-state index is 0.0458. The Hall–Kier alpha value is -1.06. The number of rotatable bonds is 3. The van der Waals surface area contributed by atoms with Gasteiger partial charge >= 0.3 is 0 Å². The minimum Gasteiger partial charge on any atom is -0.349 e. The lowest BCUT2D eigenvalue weighted by atomic mass is 9.85. The molecule has 1 aliphatic carbocycles. The molecule has 0 aliphatic heterocycles. The van der Waals surface area contributed by atoms with Gasteiger partial charge in [0.05, 0.1) is 5.56 Å². The molecule has 1 aliphatic rings. The van der Waals surface area contributed by atoms with Crippen molar-refractivity contribution in [2.24, 2.45) is 5.92 Å². The van der Waals surface area contributed by atoms with E-state index < -0.39 is 0 Å². The zero-order chi connectivity index (χ0) is 13.9. The fourth-order valence-corrected chi connectivity index (χ4v) is 4.29. The number of thiophene rings is 1. The van der Waals surface area contributed by atoms with Gasteiger partial charge in [0, 0.05) is 27.4 Å². The molecule has 106 valence electrons. The number of benzene rings is 1. The Labute approximate surface area is 128 Å². The molecule has 20 heavy (non-hydrogen) atoms. The first-order chi connectivity index (χ1) is 9.79. The van der Waals surface area contributed by atoms with Gasteiger partial charge in [-0.3, -0.25) is 4.79 Å². The third kappa shape index (κ3) is 2.70. The first kappa shape index (κ1) is 13.9. The van der Waals surface area contributed by atoms with Crippen molar-refractivity contribution in [3.63, 3.8) is 0 Å². The summed E-state index contributed by atoms with van der Waals surface area (Å²) in [5, 5.41) is 6.20. The van der Waals surface area contributed by atoms with Gasteiger partial charge in [0.1, 0.15) is 0 Å². The summed E-state index contributed by atoms with van der Waals surface area (Å²) < 4.78 is 1.16. The maximum absolute atomic E-state index is 12.5. The van der Waals surface area contributed by atoms with Crippen LogP contribution in [0.5, 0.6) is 0 Å². The van der Waals surface area contributed by atoms with E-state index >= 15 is 0 Å². The molecule has 0 bridgehead atoms. The summed E-state index contributed by atoms with van der Waals surface area (Å²) >= 11 is 7.65. The van der Waals surface area contributed by atoms with Crippen LogP contribution in [0.15, 0.2) is 29.6 Å². The molecule has 1 fully saturated rings. The zero-order valence-corrected chi connectivity index (χ0v) is 12.8. The Morgan fingerprint density at radius 3 is 2.95 bits per heavy atom. The molecule has 0 saturated heterocycles. The number of amides is 1. The predicted octanol–water partition coefficient (Wildman–Crippen LogP) is 4.43. The Morgan fingerprint density at radius 2 is 2.10 bits per heavy atom. The summed E-state index contributed by atoms with van der Waals surface area (Å²) in [6, 6.07) is 8.28. The number of halogens is 1. The lowest BCUT2D eigenvalue weighted by Crippen LogP contribution is -2.42. The molecule has 2 aromatic rings. The maximum atomic E-state index is 12.5. The Bertz CT molecular complexity index is 609. The van der Waals surface area contributed by atoms with E-state index in [4.69, 9.17) is 11.6 Å². The van der Waals surface area contributed by atoms with E-state index in [9.17, 15) is 4.79 Å². The third-order valence-electron chi connectivity index (χ3n) is 4.15. The summed E-state index contributed by atoms with van der Waals surface area (Å²) in [5.41, 5.74) is 0.796. The van der Waals surface area contributed by atoms with Crippen LogP contribution >= 0.6 is 22.9 Å². The number of nitrogens with one attached hydrogen (secondary N) is 1. The molecule has 0 radical (unpaired) electrons. The van der Waals surface area contributed by atoms with E-state index in [1.54, 1.807) is 11.3 Å². The maximum Gasteiger partial charge on any atom is 0.252 e. The van der Waals surface area contributed by atoms with Crippen LogP contribution in [0.2, 0.25) is 0 Å². The van der Waals surface area contributed by atoms with Gasteiger partial charge in [0.2, 0.25) is 0 Å². The molecular formula is C16H18ClNOS. The summed E-state index contributed by atoms with van der Waals surface area (Å²) in [4.78, 5) is 12.5. The number of fused-ring (bicyclic) bond motifs is 1. The Balaban J connectivity index is 1.78. The summed E-state index contributed by atoms with van der Waals surface area (Å²) in [6.07, 6.45) is 4.58. The molecule has 4 heteroatoms. The van der Waals surface area contributed by atoms with E-state index in [2.05, 4.69) is 11.4 Å². The Kier molecular flexibility index (Phi) is 4.27. The summed E-state index contributed by atoms with van der Waals surface area (Å²) in [5.74, 6) is 1.10. The average Bonchev–Trinajstić information content (AvgIpc) is 2.92. The number of carbonyl (C=O) groups is 1. The van der Waals surface area contributed by atoms with Gasteiger partial charge in [-0.1, -0.05) is 31.0 Å². The standard InChI is InChI=1S/C16H18ClNOS/c17-9-11-5-1-3-7-14(11)18-16(19)13-10-20-15-8-4-2-6-12(13)15/h2,4,6,8,10-11,14H,1,3,5,7,9H2,(H,18,19). The van der Waals surface area contributed by atoms with Gasteiger partial charge in [0.25, 0.3) is 5.91 Å². The normalized spacial score (nSPS) is 22.9. The van der Waals surface area contributed by atoms with E-state index in [0.717, 1.165) is 28.5 Å². The molecule has 1 aromatic carbocycles. The average molecular weight is 308 g/mol. The van der Waals surface area contributed by atoms with Crippen LogP contribution in [-0.4, -0.2) is 17.8 Å².